The first kappa shape index (κ1) is 8.74. The monoisotopic (exact) mass is 180 g/mol. The first-order valence-corrected chi connectivity index (χ1v) is 4.18. The molecule has 0 radical (unpaired) electrons. The van der Waals surface area contributed by atoms with Crippen LogP contribution in [0.1, 0.15) is 20.8 Å². The van der Waals surface area contributed by atoms with Crippen molar-refractivity contribution in [3.05, 3.63) is 34.5 Å². The Hall–Kier alpha value is -1.35. The highest BCUT2D eigenvalue weighted by Gasteiger charge is 2.11. The first-order valence-electron chi connectivity index (χ1n) is 3.30. The van der Waals surface area contributed by atoms with E-state index in [9.17, 15) is 4.79 Å². The maximum Gasteiger partial charge on any atom is 0.337 e. The van der Waals surface area contributed by atoms with Crippen LogP contribution in [0.4, 0.5) is 0 Å². The van der Waals surface area contributed by atoms with Crippen molar-refractivity contribution in [2.24, 2.45) is 0 Å². The fraction of sp³-hybridized carbons (Fsp3) is 0. The van der Waals surface area contributed by atoms with Crippen LogP contribution in [-0.4, -0.2) is 11.1 Å². The van der Waals surface area contributed by atoms with Crippen LogP contribution in [0.15, 0.2) is 18.5 Å². The molecule has 1 N–H and O–H groups in total. The Labute approximate surface area is 74.5 Å². The van der Waals surface area contributed by atoms with Gasteiger partial charge < -0.3 is 5.11 Å². The highest BCUT2D eigenvalue weighted by atomic mass is 32.1. The third-order valence-electron chi connectivity index (χ3n) is 1.48. The maximum atomic E-state index is 10.6. The summed E-state index contributed by atoms with van der Waals surface area (Å²) >= 11 is 1.36. The molecule has 0 aliphatic carbocycles. The molecule has 0 fully saturated rings. The molecule has 0 amide bonds. The van der Waals surface area contributed by atoms with Gasteiger partial charge in [0, 0.05) is 15.8 Å². The van der Waals surface area contributed by atoms with Crippen LogP contribution in [-0.2, 0) is 0 Å². The molecule has 1 aromatic heterocycles. The van der Waals surface area contributed by atoms with Gasteiger partial charge in [-0.2, -0.15) is 0 Å². The lowest BCUT2D eigenvalue weighted by Crippen LogP contribution is -1.95. The molecule has 0 aromatic carbocycles. The van der Waals surface area contributed by atoms with Crippen LogP contribution in [0.3, 0.4) is 0 Å². The van der Waals surface area contributed by atoms with E-state index in [1.54, 1.807) is 11.5 Å². The molecule has 0 saturated heterocycles. The number of carbonyl (C=O) groups is 1. The van der Waals surface area contributed by atoms with Gasteiger partial charge in [-0.15, -0.1) is 11.3 Å². The normalized spacial score (nSPS) is 9.33. The molecule has 1 aromatic rings. The molecule has 1 rings (SSSR count). The summed E-state index contributed by atoms with van der Waals surface area (Å²) in [5.74, 6) is -0.922. The van der Waals surface area contributed by atoms with Gasteiger partial charge in [-0.3, -0.25) is 0 Å². The van der Waals surface area contributed by atoms with Gasteiger partial charge in [0.1, 0.15) is 0 Å². The lowest BCUT2D eigenvalue weighted by molar-refractivity contribution is 0.0697. The summed E-state index contributed by atoms with van der Waals surface area (Å²) in [6.45, 7) is 7.13. The van der Waals surface area contributed by atoms with E-state index in [1.165, 1.54) is 17.4 Å². The van der Waals surface area contributed by atoms with E-state index in [4.69, 9.17) is 5.11 Å². The quantitative estimate of drug-likeness (QED) is 0.776. The standard InChI is InChI=1S/C9H8O2S/c1-3-6-7(9(10)11)5-12-8(6)4-2/h3-5H,1-2H2,(H,10,11). The van der Waals surface area contributed by atoms with E-state index < -0.39 is 5.97 Å². The zero-order valence-electron chi connectivity index (χ0n) is 6.41. The Bertz CT molecular complexity index is 336. The minimum atomic E-state index is -0.922. The summed E-state index contributed by atoms with van der Waals surface area (Å²) in [4.78, 5) is 11.5. The van der Waals surface area contributed by atoms with E-state index in [2.05, 4.69) is 13.2 Å². The number of rotatable bonds is 3. The fourth-order valence-corrected chi connectivity index (χ4v) is 1.81. The highest BCUT2D eigenvalue weighted by molar-refractivity contribution is 7.11. The van der Waals surface area contributed by atoms with Crippen molar-refractivity contribution < 1.29 is 9.90 Å². The maximum absolute atomic E-state index is 10.6. The van der Waals surface area contributed by atoms with Gasteiger partial charge in [0.25, 0.3) is 0 Å². The summed E-state index contributed by atoms with van der Waals surface area (Å²) in [6, 6.07) is 0. The highest BCUT2D eigenvalue weighted by Crippen LogP contribution is 2.24. The van der Waals surface area contributed by atoms with Gasteiger partial charge in [-0.25, -0.2) is 4.79 Å². The second-order valence-corrected chi connectivity index (χ2v) is 3.05. The molecule has 0 bridgehead atoms. The van der Waals surface area contributed by atoms with Crippen molar-refractivity contribution in [3.63, 3.8) is 0 Å². The van der Waals surface area contributed by atoms with Gasteiger partial charge in [-0.05, 0) is 0 Å². The minimum absolute atomic E-state index is 0.296. The van der Waals surface area contributed by atoms with Crippen molar-refractivity contribution in [1.29, 1.82) is 0 Å². The molecule has 0 spiro atoms. The second kappa shape index (κ2) is 3.36. The van der Waals surface area contributed by atoms with Crippen molar-refractivity contribution in [1.82, 2.24) is 0 Å². The first-order chi connectivity index (χ1) is 5.70. The zero-order valence-corrected chi connectivity index (χ0v) is 7.23. The van der Waals surface area contributed by atoms with Gasteiger partial charge in [0.05, 0.1) is 5.56 Å². The molecule has 0 saturated carbocycles. The van der Waals surface area contributed by atoms with E-state index in [0.717, 1.165) is 4.88 Å². The average Bonchev–Trinajstić information content (AvgIpc) is 2.46. The zero-order chi connectivity index (χ0) is 9.14. The third kappa shape index (κ3) is 1.31. The predicted octanol–water partition coefficient (Wildman–Crippen LogP) is 2.73. The summed E-state index contributed by atoms with van der Waals surface area (Å²) in [7, 11) is 0. The third-order valence-corrected chi connectivity index (χ3v) is 2.47. The van der Waals surface area contributed by atoms with Crippen molar-refractivity contribution in [3.8, 4) is 0 Å². The number of carboxylic acid groups (broad SMARTS) is 1. The Balaban J connectivity index is 3.31. The molecule has 0 aliphatic heterocycles. The topological polar surface area (TPSA) is 37.3 Å². The molecule has 0 atom stereocenters. The number of thiophene rings is 1. The van der Waals surface area contributed by atoms with Crippen LogP contribution in [0.25, 0.3) is 12.2 Å². The number of hydrogen-bond acceptors (Lipinski definition) is 2. The summed E-state index contributed by atoms with van der Waals surface area (Å²) in [5, 5.41) is 10.3. The lowest BCUT2D eigenvalue weighted by Gasteiger charge is -1.92. The second-order valence-electron chi connectivity index (χ2n) is 2.14. The van der Waals surface area contributed by atoms with Crippen LogP contribution < -0.4 is 0 Å². The van der Waals surface area contributed by atoms with Crippen LogP contribution in [0, 0.1) is 0 Å². The smallest absolute Gasteiger partial charge is 0.337 e. The molecule has 62 valence electrons. The molecular weight excluding hydrogens is 172 g/mol. The fourth-order valence-electron chi connectivity index (χ4n) is 0.916. The summed E-state index contributed by atoms with van der Waals surface area (Å²) in [6.07, 6.45) is 3.17. The van der Waals surface area contributed by atoms with Gasteiger partial charge >= 0.3 is 5.97 Å². The molecule has 0 aliphatic rings. The van der Waals surface area contributed by atoms with Gasteiger partial charge in [0.15, 0.2) is 0 Å². The molecule has 2 nitrogen and oxygen atoms in total. The summed E-state index contributed by atoms with van der Waals surface area (Å²) in [5.41, 5.74) is 0.951. The average molecular weight is 180 g/mol. The van der Waals surface area contributed by atoms with Gasteiger partial charge in [0.2, 0.25) is 0 Å². The van der Waals surface area contributed by atoms with E-state index in [-0.39, 0.29) is 0 Å². The van der Waals surface area contributed by atoms with E-state index >= 15 is 0 Å². The Morgan fingerprint density at radius 2 is 2.17 bits per heavy atom. The number of aromatic carboxylic acids is 1. The Morgan fingerprint density at radius 3 is 2.58 bits per heavy atom. The van der Waals surface area contributed by atoms with Crippen molar-refractivity contribution >= 4 is 29.5 Å². The predicted molar refractivity (Wildman–Crippen MR) is 51.5 cm³/mol. The summed E-state index contributed by atoms with van der Waals surface area (Å²) < 4.78 is 0. The molecular formula is C9H8O2S. The van der Waals surface area contributed by atoms with Crippen molar-refractivity contribution in [2.45, 2.75) is 0 Å². The molecule has 12 heavy (non-hydrogen) atoms. The lowest BCUT2D eigenvalue weighted by atomic mass is 10.1. The van der Waals surface area contributed by atoms with E-state index in [1.807, 2.05) is 0 Å². The van der Waals surface area contributed by atoms with Crippen LogP contribution >= 0.6 is 11.3 Å². The Kier molecular flexibility index (Phi) is 2.45. The minimum Gasteiger partial charge on any atom is -0.478 e. The van der Waals surface area contributed by atoms with Gasteiger partial charge in [-0.1, -0.05) is 25.3 Å². The van der Waals surface area contributed by atoms with Crippen LogP contribution in [0.5, 0.6) is 0 Å². The molecule has 3 heteroatoms. The molecule has 1 heterocycles. The SMILES string of the molecule is C=Cc1scc(C(=O)O)c1C=C. The molecule has 0 unspecified atom stereocenters. The number of carboxylic acids is 1. The Morgan fingerprint density at radius 1 is 1.50 bits per heavy atom. The van der Waals surface area contributed by atoms with Crippen LogP contribution in [0.2, 0.25) is 0 Å². The largest absolute Gasteiger partial charge is 0.478 e. The van der Waals surface area contributed by atoms with Crippen molar-refractivity contribution in [2.75, 3.05) is 0 Å². The van der Waals surface area contributed by atoms with E-state index in [0.29, 0.717) is 11.1 Å². The number of hydrogen-bond donors (Lipinski definition) is 1.